The Kier molecular flexibility index (Phi) is 3.57. The van der Waals surface area contributed by atoms with Crippen LogP contribution in [0.25, 0.3) is 0 Å². The molecule has 0 aromatic heterocycles. The van der Waals surface area contributed by atoms with Crippen molar-refractivity contribution in [2.75, 3.05) is 0 Å². The normalized spacial score (nSPS) is 14.4. The van der Waals surface area contributed by atoms with Crippen molar-refractivity contribution in [2.45, 2.75) is 25.7 Å². The van der Waals surface area contributed by atoms with Crippen molar-refractivity contribution in [3.63, 3.8) is 0 Å². The molecule has 0 radical (unpaired) electrons. The summed E-state index contributed by atoms with van der Waals surface area (Å²) >= 11 is 0. The highest BCUT2D eigenvalue weighted by molar-refractivity contribution is 5.64. The van der Waals surface area contributed by atoms with E-state index < -0.39 is 0 Å². The lowest BCUT2D eigenvalue weighted by Gasteiger charge is -2.08. The number of aldehydes is 2. The zero-order valence-corrected chi connectivity index (χ0v) is 8.44. The van der Waals surface area contributed by atoms with E-state index in [1.165, 1.54) is 0 Å². The van der Waals surface area contributed by atoms with Crippen LogP contribution in [0.3, 0.4) is 0 Å². The van der Waals surface area contributed by atoms with Gasteiger partial charge in [0.1, 0.15) is 12.6 Å². The van der Waals surface area contributed by atoms with Gasteiger partial charge in [-0.2, -0.15) is 0 Å². The first kappa shape index (κ1) is 10.6. The second kappa shape index (κ2) is 4.70. The quantitative estimate of drug-likeness (QED) is 0.682. The van der Waals surface area contributed by atoms with Crippen molar-refractivity contribution in [3.8, 4) is 0 Å². The van der Waals surface area contributed by atoms with E-state index in [9.17, 15) is 9.59 Å². The Labute approximate surface area is 83.9 Å². The maximum absolute atomic E-state index is 10.6. The molecule has 14 heavy (non-hydrogen) atoms. The van der Waals surface area contributed by atoms with E-state index in [0.29, 0.717) is 0 Å². The summed E-state index contributed by atoms with van der Waals surface area (Å²) in [6.07, 6.45) is 1.81. The Bertz CT molecular complexity index is 302. The lowest BCUT2D eigenvalue weighted by molar-refractivity contribution is -0.109. The summed E-state index contributed by atoms with van der Waals surface area (Å²) in [6.45, 7) is 3.69. The third-order valence-corrected chi connectivity index (χ3v) is 2.37. The first-order valence-corrected chi connectivity index (χ1v) is 4.69. The predicted octanol–water partition coefficient (Wildman–Crippen LogP) is 2.29. The summed E-state index contributed by atoms with van der Waals surface area (Å²) in [5.41, 5.74) is 1.93. The SMILES string of the molecule is CC(C=O)c1cccc(C(C)C=O)c1. The van der Waals surface area contributed by atoms with Crippen molar-refractivity contribution in [1.82, 2.24) is 0 Å². The largest absolute Gasteiger partial charge is 0.303 e. The molecule has 0 aliphatic rings. The van der Waals surface area contributed by atoms with E-state index in [4.69, 9.17) is 0 Å². The fourth-order valence-electron chi connectivity index (χ4n) is 1.28. The van der Waals surface area contributed by atoms with Crippen molar-refractivity contribution in [2.24, 2.45) is 0 Å². The molecule has 0 fully saturated rings. The van der Waals surface area contributed by atoms with Gasteiger partial charge in [-0.25, -0.2) is 0 Å². The Morgan fingerprint density at radius 1 is 1.00 bits per heavy atom. The lowest BCUT2D eigenvalue weighted by Crippen LogP contribution is -1.99. The Morgan fingerprint density at radius 2 is 1.43 bits per heavy atom. The first-order chi connectivity index (χ1) is 6.69. The fourth-order valence-corrected chi connectivity index (χ4v) is 1.28. The maximum atomic E-state index is 10.6. The van der Waals surface area contributed by atoms with Crippen LogP contribution in [-0.4, -0.2) is 12.6 Å². The highest BCUT2D eigenvalue weighted by Gasteiger charge is 2.07. The smallest absolute Gasteiger partial charge is 0.127 e. The molecule has 2 nitrogen and oxygen atoms in total. The molecule has 1 aromatic rings. The highest BCUT2D eigenvalue weighted by atomic mass is 16.1. The van der Waals surface area contributed by atoms with E-state index in [1.807, 2.05) is 38.1 Å². The summed E-state index contributed by atoms with van der Waals surface area (Å²) in [7, 11) is 0. The average Bonchev–Trinajstić information content (AvgIpc) is 2.27. The minimum atomic E-state index is -0.103. The number of carbonyl (C=O) groups excluding carboxylic acids is 2. The Balaban J connectivity index is 3.00. The van der Waals surface area contributed by atoms with Gasteiger partial charge in [-0.15, -0.1) is 0 Å². The van der Waals surface area contributed by atoms with Crippen molar-refractivity contribution < 1.29 is 9.59 Å². The van der Waals surface area contributed by atoms with Gasteiger partial charge in [-0.1, -0.05) is 38.1 Å². The molecule has 0 bridgehead atoms. The van der Waals surface area contributed by atoms with Crippen LogP contribution in [0.15, 0.2) is 24.3 Å². The number of hydrogen-bond acceptors (Lipinski definition) is 2. The van der Waals surface area contributed by atoms with Gasteiger partial charge < -0.3 is 9.59 Å². The molecular weight excluding hydrogens is 176 g/mol. The molecule has 2 atom stereocenters. The molecule has 0 aliphatic carbocycles. The monoisotopic (exact) mass is 190 g/mol. The third-order valence-electron chi connectivity index (χ3n) is 2.37. The number of hydrogen-bond donors (Lipinski definition) is 0. The highest BCUT2D eigenvalue weighted by Crippen LogP contribution is 2.19. The molecule has 0 saturated carbocycles. The van der Waals surface area contributed by atoms with Crippen molar-refractivity contribution in [3.05, 3.63) is 35.4 Å². The molecular formula is C12H14O2. The van der Waals surface area contributed by atoms with Crippen LogP contribution in [0.4, 0.5) is 0 Å². The van der Waals surface area contributed by atoms with Crippen LogP contribution in [0.5, 0.6) is 0 Å². The Morgan fingerprint density at radius 3 is 1.79 bits per heavy atom. The third kappa shape index (κ3) is 2.28. The number of benzene rings is 1. The van der Waals surface area contributed by atoms with E-state index in [0.717, 1.165) is 23.7 Å². The van der Waals surface area contributed by atoms with Crippen LogP contribution >= 0.6 is 0 Å². The molecule has 1 aromatic carbocycles. The molecule has 0 saturated heterocycles. The van der Waals surface area contributed by atoms with Crippen LogP contribution in [0.1, 0.15) is 36.8 Å². The van der Waals surface area contributed by atoms with Crippen LogP contribution < -0.4 is 0 Å². The summed E-state index contributed by atoms with van der Waals surface area (Å²) in [5, 5.41) is 0. The second-order valence-corrected chi connectivity index (χ2v) is 3.52. The van der Waals surface area contributed by atoms with Gasteiger partial charge in [-0.05, 0) is 11.1 Å². The molecule has 0 spiro atoms. The van der Waals surface area contributed by atoms with Gasteiger partial charge in [0.2, 0.25) is 0 Å². The van der Waals surface area contributed by atoms with Gasteiger partial charge in [0.05, 0.1) is 0 Å². The second-order valence-electron chi connectivity index (χ2n) is 3.52. The van der Waals surface area contributed by atoms with E-state index in [2.05, 4.69) is 0 Å². The predicted molar refractivity (Wildman–Crippen MR) is 55.4 cm³/mol. The molecule has 2 unspecified atom stereocenters. The molecule has 0 heterocycles. The van der Waals surface area contributed by atoms with Gasteiger partial charge in [-0.3, -0.25) is 0 Å². The van der Waals surface area contributed by atoms with Crippen molar-refractivity contribution in [1.29, 1.82) is 0 Å². The first-order valence-electron chi connectivity index (χ1n) is 4.69. The zero-order chi connectivity index (χ0) is 10.6. The molecule has 0 aliphatic heterocycles. The topological polar surface area (TPSA) is 34.1 Å². The maximum Gasteiger partial charge on any atom is 0.127 e. The minimum Gasteiger partial charge on any atom is -0.303 e. The van der Waals surface area contributed by atoms with Gasteiger partial charge >= 0.3 is 0 Å². The van der Waals surface area contributed by atoms with E-state index in [1.54, 1.807) is 0 Å². The van der Waals surface area contributed by atoms with Crippen LogP contribution in [0, 0.1) is 0 Å². The average molecular weight is 190 g/mol. The number of rotatable bonds is 4. The molecule has 2 heteroatoms. The van der Waals surface area contributed by atoms with Gasteiger partial charge in [0, 0.05) is 11.8 Å². The lowest BCUT2D eigenvalue weighted by atomic mass is 9.95. The van der Waals surface area contributed by atoms with Crippen LogP contribution in [-0.2, 0) is 9.59 Å². The molecule has 1 rings (SSSR count). The summed E-state index contributed by atoms with van der Waals surface area (Å²) < 4.78 is 0. The van der Waals surface area contributed by atoms with Gasteiger partial charge in [0.15, 0.2) is 0 Å². The molecule has 0 N–H and O–H groups in total. The van der Waals surface area contributed by atoms with Crippen LogP contribution in [0.2, 0.25) is 0 Å². The van der Waals surface area contributed by atoms with Gasteiger partial charge in [0.25, 0.3) is 0 Å². The standard InChI is InChI=1S/C12H14O2/c1-9(7-13)11-4-3-5-12(6-11)10(2)8-14/h3-10H,1-2H3. The molecule has 74 valence electrons. The summed E-state index contributed by atoms with van der Waals surface area (Å²) in [5.74, 6) is -0.206. The zero-order valence-electron chi connectivity index (χ0n) is 8.44. The summed E-state index contributed by atoms with van der Waals surface area (Å²) in [4.78, 5) is 21.2. The van der Waals surface area contributed by atoms with E-state index >= 15 is 0 Å². The summed E-state index contributed by atoms with van der Waals surface area (Å²) in [6, 6.07) is 7.60. The minimum absolute atomic E-state index is 0.103. The van der Waals surface area contributed by atoms with E-state index in [-0.39, 0.29) is 11.8 Å². The molecule has 0 amide bonds. The van der Waals surface area contributed by atoms with Crippen molar-refractivity contribution >= 4 is 12.6 Å². The number of carbonyl (C=O) groups is 2. The Hall–Kier alpha value is -1.44. The fraction of sp³-hybridized carbons (Fsp3) is 0.333.